The highest BCUT2D eigenvalue weighted by molar-refractivity contribution is 8.13. The van der Waals surface area contributed by atoms with Crippen molar-refractivity contribution >= 4 is 25.6 Å². The molecule has 0 aliphatic rings. The number of amides is 1. The van der Waals surface area contributed by atoms with E-state index in [1.165, 1.54) is 17.1 Å². The molecule has 1 N–H and O–H groups in total. The lowest BCUT2D eigenvalue weighted by Gasteiger charge is -2.20. The lowest BCUT2D eigenvalue weighted by molar-refractivity contribution is -0.123. The SMILES string of the molecule is CC(C)(C)NC(=O)Cn1cnc(S(=O)(=O)Cl)c1. The number of halogens is 1. The maximum Gasteiger partial charge on any atom is 0.280 e. The minimum atomic E-state index is -3.84. The number of rotatable bonds is 3. The average Bonchev–Trinajstić information content (AvgIpc) is 2.47. The molecule has 1 aromatic rings. The minimum absolute atomic E-state index is 0.00329. The van der Waals surface area contributed by atoms with E-state index < -0.39 is 9.05 Å². The molecule has 1 amide bonds. The fraction of sp³-hybridized carbons (Fsp3) is 0.556. The molecule has 0 aliphatic heterocycles. The molecular weight excluding hydrogens is 266 g/mol. The molecule has 6 nitrogen and oxygen atoms in total. The molecular formula is C9H14ClN3O3S. The van der Waals surface area contributed by atoms with Crippen molar-refractivity contribution in [1.82, 2.24) is 14.9 Å². The molecule has 17 heavy (non-hydrogen) atoms. The molecule has 1 heterocycles. The highest BCUT2D eigenvalue weighted by Gasteiger charge is 2.16. The van der Waals surface area contributed by atoms with E-state index in [0.717, 1.165) is 0 Å². The van der Waals surface area contributed by atoms with Gasteiger partial charge in [0, 0.05) is 22.4 Å². The summed E-state index contributed by atoms with van der Waals surface area (Å²) >= 11 is 0. The average molecular weight is 280 g/mol. The van der Waals surface area contributed by atoms with Gasteiger partial charge in [0.2, 0.25) is 5.91 Å². The van der Waals surface area contributed by atoms with Crippen LogP contribution in [0.25, 0.3) is 0 Å². The number of hydrogen-bond donors (Lipinski definition) is 1. The Morgan fingerprint density at radius 1 is 1.53 bits per heavy atom. The van der Waals surface area contributed by atoms with Gasteiger partial charge in [-0.15, -0.1) is 0 Å². The van der Waals surface area contributed by atoms with E-state index in [1.54, 1.807) is 0 Å². The van der Waals surface area contributed by atoms with E-state index in [1.807, 2.05) is 20.8 Å². The van der Waals surface area contributed by atoms with Gasteiger partial charge < -0.3 is 9.88 Å². The van der Waals surface area contributed by atoms with Gasteiger partial charge in [-0.1, -0.05) is 0 Å². The summed E-state index contributed by atoms with van der Waals surface area (Å²) in [6, 6.07) is 0. The van der Waals surface area contributed by atoms with Gasteiger partial charge in [-0.05, 0) is 20.8 Å². The van der Waals surface area contributed by atoms with Gasteiger partial charge in [0.15, 0.2) is 5.03 Å². The predicted molar refractivity (Wildman–Crippen MR) is 63.2 cm³/mol. The Morgan fingerprint density at radius 2 is 2.12 bits per heavy atom. The third-order valence-electron chi connectivity index (χ3n) is 1.70. The molecule has 8 heteroatoms. The topological polar surface area (TPSA) is 81.1 Å². The van der Waals surface area contributed by atoms with Gasteiger partial charge in [0.05, 0.1) is 6.33 Å². The maximum absolute atomic E-state index is 11.5. The molecule has 0 unspecified atom stereocenters. The van der Waals surface area contributed by atoms with Crippen LogP contribution in [-0.2, 0) is 20.4 Å². The third-order valence-corrected chi connectivity index (χ3v) is 2.88. The summed E-state index contributed by atoms with van der Waals surface area (Å²) in [6.07, 6.45) is 2.46. The van der Waals surface area contributed by atoms with Crippen LogP contribution in [-0.4, -0.2) is 29.4 Å². The van der Waals surface area contributed by atoms with Crippen molar-refractivity contribution < 1.29 is 13.2 Å². The standard InChI is InChI=1S/C9H14ClN3O3S/c1-9(2,3)12-7(14)4-13-5-8(11-6-13)17(10,15)16/h5-6H,4H2,1-3H3,(H,12,14). The fourth-order valence-electron chi connectivity index (χ4n) is 1.18. The van der Waals surface area contributed by atoms with Crippen LogP contribution in [0, 0.1) is 0 Å². The number of hydrogen-bond acceptors (Lipinski definition) is 4. The summed E-state index contributed by atoms with van der Waals surface area (Å²) in [5, 5.41) is 2.48. The molecule has 0 bridgehead atoms. The number of nitrogens with zero attached hydrogens (tertiary/aromatic N) is 2. The first-order valence-corrected chi connectivity index (χ1v) is 7.16. The summed E-state index contributed by atoms with van der Waals surface area (Å²) in [5.74, 6) is -0.228. The van der Waals surface area contributed by atoms with Crippen LogP contribution in [0.3, 0.4) is 0 Å². The highest BCUT2D eigenvalue weighted by atomic mass is 35.7. The molecule has 0 saturated heterocycles. The zero-order valence-corrected chi connectivity index (χ0v) is 11.3. The van der Waals surface area contributed by atoms with Crippen LogP contribution in [0.2, 0.25) is 0 Å². The van der Waals surface area contributed by atoms with Crippen LogP contribution in [0.15, 0.2) is 17.6 Å². The first kappa shape index (κ1) is 14.0. The first-order valence-electron chi connectivity index (χ1n) is 4.85. The van der Waals surface area contributed by atoms with Crippen molar-refractivity contribution in [3.63, 3.8) is 0 Å². The van der Waals surface area contributed by atoms with Crippen LogP contribution in [0.4, 0.5) is 0 Å². The summed E-state index contributed by atoms with van der Waals surface area (Å²) < 4.78 is 23.3. The van der Waals surface area contributed by atoms with Crippen molar-refractivity contribution in [2.45, 2.75) is 37.9 Å². The summed E-state index contributed by atoms with van der Waals surface area (Å²) in [5.41, 5.74) is -0.334. The van der Waals surface area contributed by atoms with E-state index in [0.29, 0.717) is 0 Å². The van der Waals surface area contributed by atoms with Crippen LogP contribution >= 0.6 is 10.7 Å². The van der Waals surface area contributed by atoms with Crippen molar-refractivity contribution in [2.24, 2.45) is 0 Å². The van der Waals surface area contributed by atoms with Gasteiger partial charge in [-0.3, -0.25) is 4.79 Å². The molecule has 0 radical (unpaired) electrons. The Balaban J connectivity index is 2.71. The zero-order valence-electron chi connectivity index (χ0n) is 9.77. The molecule has 1 aromatic heterocycles. The molecule has 0 saturated carbocycles. The number of carbonyl (C=O) groups is 1. The van der Waals surface area contributed by atoms with Crippen molar-refractivity contribution in [3.05, 3.63) is 12.5 Å². The molecule has 0 fully saturated rings. The predicted octanol–water partition coefficient (Wildman–Crippen LogP) is 0.725. The largest absolute Gasteiger partial charge is 0.350 e. The number of imidazole rings is 1. The number of carbonyl (C=O) groups excluding carboxylic acids is 1. The second kappa shape index (κ2) is 4.66. The first-order chi connectivity index (χ1) is 7.58. The van der Waals surface area contributed by atoms with Gasteiger partial charge >= 0.3 is 0 Å². The molecule has 0 atom stereocenters. The van der Waals surface area contributed by atoms with Gasteiger partial charge in [-0.2, -0.15) is 0 Å². The van der Waals surface area contributed by atoms with Crippen LogP contribution in [0.5, 0.6) is 0 Å². The number of nitrogens with one attached hydrogen (secondary N) is 1. The van der Waals surface area contributed by atoms with Gasteiger partial charge in [0.25, 0.3) is 9.05 Å². The lowest BCUT2D eigenvalue weighted by Crippen LogP contribution is -2.42. The molecule has 1 rings (SSSR count). The van der Waals surface area contributed by atoms with E-state index in [-0.39, 0.29) is 23.0 Å². The Morgan fingerprint density at radius 3 is 2.53 bits per heavy atom. The van der Waals surface area contributed by atoms with E-state index >= 15 is 0 Å². The van der Waals surface area contributed by atoms with Crippen molar-refractivity contribution in [2.75, 3.05) is 0 Å². The number of aromatic nitrogens is 2. The molecule has 0 spiro atoms. The maximum atomic E-state index is 11.5. The molecule has 0 aliphatic carbocycles. The van der Waals surface area contributed by atoms with Crippen molar-refractivity contribution in [3.8, 4) is 0 Å². The Bertz CT molecular complexity index is 516. The second-order valence-corrected chi connectivity index (χ2v) is 7.13. The van der Waals surface area contributed by atoms with Gasteiger partial charge in [0.1, 0.15) is 6.54 Å². The fourth-order valence-corrected chi connectivity index (χ4v) is 1.85. The second-order valence-electron chi connectivity index (χ2n) is 4.62. The minimum Gasteiger partial charge on any atom is -0.350 e. The summed E-state index contributed by atoms with van der Waals surface area (Å²) in [4.78, 5) is 15.1. The van der Waals surface area contributed by atoms with Gasteiger partial charge in [-0.25, -0.2) is 13.4 Å². The van der Waals surface area contributed by atoms with E-state index in [4.69, 9.17) is 10.7 Å². The zero-order chi connectivity index (χ0) is 13.3. The molecule has 96 valence electrons. The monoisotopic (exact) mass is 279 g/mol. The Kier molecular flexibility index (Phi) is 3.83. The summed E-state index contributed by atoms with van der Waals surface area (Å²) in [7, 11) is 1.27. The summed E-state index contributed by atoms with van der Waals surface area (Å²) in [6.45, 7) is 5.56. The lowest BCUT2D eigenvalue weighted by atomic mass is 10.1. The Hall–Kier alpha value is -1.08. The quantitative estimate of drug-likeness (QED) is 0.827. The molecule has 0 aromatic carbocycles. The highest BCUT2D eigenvalue weighted by Crippen LogP contribution is 2.11. The van der Waals surface area contributed by atoms with E-state index in [9.17, 15) is 13.2 Å². The third kappa shape index (κ3) is 4.74. The Labute approximate surface area is 104 Å². The van der Waals surface area contributed by atoms with Crippen molar-refractivity contribution in [1.29, 1.82) is 0 Å². The smallest absolute Gasteiger partial charge is 0.280 e. The van der Waals surface area contributed by atoms with E-state index in [2.05, 4.69) is 10.3 Å². The van der Waals surface area contributed by atoms with Crippen LogP contribution < -0.4 is 5.32 Å². The van der Waals surface area contributed by atoms with Crippen LogP contribution in [0.1, 0.15) is 20.8 Å². The normalized spacial score (nSPS) is 12.5.